The minimum Gasteiger partial charge on any atom is -0.336 e. The summed E-state index contributed by atoms with van der Waals surface area (Å²) in [6.07, 6.45) is 9.85. The molecular weight excluding hydrogens is 524 g/mol. The Morgan fingerprint density at radius 1 is 0.865 bits per heavy atom. The summed E-state index contributed by atoms with van der Waals surface area (Å²) >= 11 is 3.68. The molecule has 0 unspecified atom stereocenters. The van der Waals surface area contributed by atoms with Crippen LogP contribution in [0.4, 0.5) is 0 Å². The zero-order chi connectivity index (χ0) is 25.0. The summed E-state index contributed by atoms with van der Waals surface area (Å²) < 4.78 is 3.13. The molecule has 1 amide bonds. The Labute approximate surface area is 228 Å². The number of benzene rings is 2. The number of piperazine rings is 1. The van der Waals surface area contributed by atoms with Crippen molar-refractivity contribution >= 4 is 21.8 Å². The Bertz CT molecular complexity index is 1260. The van der Waals surface area contributed by atoms with Gasteiger partial charge < -0.3 is 4.90 Å². The second kappa shape index (κ2) is 9.39. The van der Waals surface area contributed by atoms with Crippen LogP contribution >= 0.6 is 15.9 Å². The molecule has 0 atom stereocenters. The van der Waals surface area contributed by atoms with Crippen LogP contribution in [-0.4, -0.2) is 51.7 Å². The van der Waals surface area contributed by atoms with Gasteiger partial charge in [-0.1, -0.05) is 52.3 Å². The molecule has 1 saturated heterocycles. The Kier molecular flexibility index (Phi) is 6.00. The summed E-state index contributed by atoms with van der Waals surface area (Å²) in [6.45, 7) is 4.23. The van der Waals surface area contributed by atoms with Crippen molar-refractivity contribution in [3.05, 3.63) is 82.1 Å². The molecular formula is C31H35BrN4O. The highest BCUT2D eigenvalue weighted by atomic mass is 79.9. The average molecular weight is 560 g/mol. The van der Waals surface area contributed by atoms with E-state index in [9.17, 15) is 4.79 Å². The zero-order valence-electron chi connectivity index (χ0n) is 21.4. The average Bonchev–Trinajstić information content (AvgIpc) is 3.37. The first-order valence-corrected chi connectivity index (χ1v) is 14.8. The zero-order valence-corrected chi connectivity index (χ0v) is 22.9. The lowest BCUT2D eigenvalue weighted by Crippen LogP contribution is -2.51. The summed E-state index contributed by atoms with van der Waals surface area (Å²) in [4.78, 5) is 18.7. The van der Waals surface area contributed by atoms with E-state index in [2.05, 4.69) is 62.1 Å². The van der Waals surface area contributed by atoms with E-state index >= 15 is 0 Å². The highest BCUT2D eigenvalue weighted by Gasteiger charge is 2.54. The first-order valence-electron chi connectivity index (χ1n) is 14.0. The highest BCUT2D eigenvalue weighted by Crippen LogP contribution is 2.61. The van der Waals surface area contributed by atoms with Crippen molar-refractivity contribution in [2.24, 2.45) is 17.8 Å². The van der Waals surface area contributed by atoms with Crippen molar-refractivity contribution in [1.82, 2.24) is 19.6 Å². The molecule has 4 bridgehead atoms. The standard InChI is InChI=1S/C31H35BrN4O/c32-28-9-5-4-6-25(28)20-34-10-12-35(13-11-34)30(37)27-21-36(26-7-2-1-3-8-26)33-29(27)31-17-22-14-23(18-31)16-24(15-22)19-31/h1-9,21-24H,10-20H2. The van der Waals surface area contributed by atoms with Gasteiger partial charge >= 0.3 is 0 Å². The largest absolute Gasteiger partial charge is 0.336 e. The van der Waals surface area contributed by atoms with E-state index in [-0.39, 0.29) is 11.3 Å². The predicted molar refractivity (Wildman–Crippen MR) is 149 cm³/mol. The molecule has 8 rings (SSSR count). The fourth-order valence-electron chi connectivity index (χ4n) is 8.18. The molecule has 4 saturated carbocycles. The number of carbonyl (C=O) groups is 1. The monoisotopic (exact) mass is 558 g/mol. The van der Waals surface area contributed by atoms with Gasteiger partial charge in [-0.05, 0) is 80.0 Å². The Morgan fingerprint density at radius 3 is 2.14 bits per heavy atom. The van der Waals surface area contributed by atoms with Crippen molar-refractivity contribution in [3.63, 3.8) is 0 Å². The van der Waals surface area contributed by atoms with Crippen molar-refractivity contribution < 1.29 is 4.79 Å². The van der Waals surface area contributed by atoms with Crippen molar-refractivity contribution in [2.75, 3.05) is 26.2 Å². The van der Waals surface area contributed by atoms with Crippen LogP contribution in [0.25, 0.3) is 5.69 Å². The van der Waals surface area contributed by atoms with Gasteiger partial charge in [0.05, 0.1) is 16.9 Å². The number of amides is 1. The SMILES string of the molecule is O=C(c1cn(-c2ccccc2)nc1C12CC3CC(CC(C3)C1)C2)N1CCN(Cc2ccccc2Br)CC1. The fourth-order valence-corrected chi connectivity index (χ4v) is 8.59. The molecule has 6 heteroatoms. The summed E-state index contributed by atoms with van der Waals surface area (Å²) in [7, 11) is 0. The molecule has 192 valence electrons. The summed E-state index contributed by atoms with van der Waals surface area (Å²) in [5, 5.41) is 5.22. The smallest absolute Gasteiger partial charge is 0.257 e. The van der Waals surface area contributed by atoms with E-state index in [1.807, 2.05) is 29.1 Å². The van der Waals surface area contributed by atoms with E-state index in [0.29, 0.717) is 0 Å². The van der Waals surface area contributed by atoms with Gasteiger partial charge in [0.2, 0.25) is 0 Å². The third-order valence-corrected chi connectivity index (χ3v) is 10.3. The number of hydrogen-bond donors (Lipinski definition) is 0. The van der Waals surface area contributed by atoms with Gasteiger partial charge in [-0.2, -0.15) is 5.10 Å². The van der Waals surface area contributed by atoms with Gasteiger partial charge in [-0.3, -0.25) is 9.69 Å². The van der Waals surface area contributed by atoms with E-state index in [1.54, 1.807) is 0 Å². The van der Waals surface area contributed by atoms with Gasteiger partial charge in [0, 0.05) is 48.8 Å². The maximum absolute atomic E-state index is 14.1. The first kappa shape index (κ1) is 23.7. The summed E-state index contributed by atoms with van der Waals surface area (Å²) in [5.74, 6) is 2.62. The lowest BCUT2D eigenvalue weighted by molar-refractivity contribution is -0.00793. The minimum atomic E-state index is 0.0845. The number of para-hydroxylation sites is 1. The molecule has 3 aromatic rings. The Hall–Kier alpha value is -2.44. The molecule has 37 heavy (non-hydrogen) atoms. The molecule has 0 spiro atoms. The molecule has 1 aromatic heterocycles. The number of carbonyl (C=O) groups excluding carboxylic acids is 1. The van der Waals surface area contributed by atoms with Crippen LogP contribution < -0.4 is 0 Å². The topological polar surface area (TPSA) is 41.4 Å². The van der Waals surface area contributed by atoms with E-state index in [4.69, 9.17) is 5.10 Å². The number of rotatable bonds is 5. The molecule has 0 N–H and O–H groups in total. The van der Waals surface area contributed by atoms with Crippen LogP contribution in [0.3, 0.4) is 0 Å². The number of nitrogens with zero attached hydrogens (tertiary/aromatic N) is 4. The van der Waals surface area contributed by atoms with Crippen LogP contribution in [-0.2, 0) is 12.0 Å². The summed E-state index contributed by atoms with van der Waals surface area (Å²) in [5.41, 5.74) is 4.36. The normalized spacial score (nSPS) is 29.1. The molecule has 5 aliphatic rings. The highest BCUT2D eigenvalue weighted by molar-refractivity contribution is 9.10. The van der Waals surface area contributed by atoms with Gasteiger partial charge in [-0.15, -0.1) is 0 Å². The second-order valence-corrected chi connectivity index (χ2v) is 12.9. The number of hydrogen-bond acceptors (Lipinski definition) is 3. The van der Waals surface area contributed by atoms with Gasteiger partial charge in [-0.25, -0.2) is 4.68 Å². The van der Waals surface area contributed by atoms with Crippen molar-refractivity contribution in [1.29, 1.82) is 0 Å². The molecule has 0 radical (unpaired) electrons. The van der Waals surface area contributed by atoms with Crippen molar-refractivity contribution in [3.8, 4) is 5.69 Å². The molecule has 2 aromatic carbocycles. The Morgan fingerprint density at radius 2 is 1.49 bits per heavy atom. The quantitative estimate of drug-likeness (QED) is 0.382. The molecule has 1 aliphatic heterocycles. The predicted octanol–water partition coefficient (Wildman–Crippen LogP) is 6.06. The molecule has 2 heterocycles. The first-order chi connectivity index (χ1) is 18.1. The molecule has 4 aliphatic carbocycles. The van der Waals surface area contributed by atoms with E-state index < -0.39 is 0 Å². The fraction of sp³-hybridized carbons (Fsp3) is 0.484. The lowest BCUT2D eigenvalue weighted by atomic mass is 9.48. The van der Waals surface area contributed by atoms with Crippen molar-refractivity contribution in [2.45, 2.75) is 50.5 Å². The maximum Gasteiger partial charge on any atom is 0.257 e. The van der Waals surface area contributed by atoms with E-state index in [1.165, 1.54) is 44.1 Å². The van der Waals surface area contributed by atoms with Crippen LogP contribution in [0.5, 0.6) is 0 Å². The second-order valence-electron chi connectivity index (χ2n) is 12.0. The third-order valence-electron chi connectivity index (χ3n) is 9.52. The third kappa shape index (κ3) is 4.36. The Balaban J connectivity index is 1.16. The van der Waals surface area contributed by atoms with Crippen LogP contribution in [0.15, 0.2) is 65.3 Å². The summed E-state index contributed by atoms with van der Waals surface area (Å²) in [6, 6.07) is 18.7. The van der Waals surface area contributed by atoms with Crippen LogP contribution in [0, 0.1) is 17.8 Å². The van der Waals surface area contributed by atoms with Crippen LogP contribution in [0.1, 0.15) is 60.1 Å². The van der Waals surface area contributed by atoms with Gasteiger partial charge in [0.1, 0.15) is 0 Å². The number of aromatic nitrogens is 2. The number of halogens is 1. The molecule has 5 fully saturated rings. The lowest BCUT2D eigenvalue weighted by Gasteiger charge is -2.56. The maximum atomic E-state index is 14.1. The molecule has 5 nitrogen and oxygen atoms in total. The minimum absolute atomic E-state index is 0.0845. The van der Waals surface area contributed by atoms with Gasteiger partial charge in [0.15, 0.2) is 0 Å². The van der Waals surface area contributed by atoms with Gasteiger partial charge in [0.25, 0.3) is 5.91 Å². The van der Waals surface area contributed by atoms with E-state index in [0.717, 1.165) is 71.9 Å². The van der Waals surface area contributed by atoms with Crippen LogP contribution in [0.2, 0.25) is 0 Å².